The van der Waals surface area contributed by atoms with E-state index < -0.39 is 5.97 Å². The SMILES string of the molecule is COc1nc(C(=O)O)cc(N2CC[C@H](NC(=O)c3[nH]c(C)c(Cl)c3Cl)[C@H](OC)C2)n1. The molecule has 0 unspecified atom stereocenters. The van der Waals surface area contributed by atoms with Crippen molar-refractivity contribution in [1.82, 2.24) is 20.3 Å². The first-order valence-corrected chi connectivity index (χ1v) is 9.79. The van der Waals surface area contributed by atoms with Crippen molar-refractivity contribution >= 4 is 40.9 Å². The molecule has 2 aromatic heterocycles. The third kappa shape index (κ3) is 4.45. The first-order valence-electron chi connectivity index (χ1n) is 9.03. The number of anilines is 1. The van der Waals surface area contributed by atoms with Gasteiger partial charge in [-0.3, -0.25) is 4.79 Å². The number of methoxy groups -OCH3 is 2. The molecule has 0 bridgehead atoms. The highest BCUT2D eigenvalue weighted by Crippen LogP contribution is 2.29. The number of hydrogen-bond donors (Lipinski definition) is 3. The summed E-state index contributed by atoms with van der Waals surface area (Å²) in [6.45, 7) is 2.60. The van der Waals surface area contributed by atoms with Crippen molar-refractivity contribution in [3.63, 3.8) is 0 Å². The Bertz CT molecular complexity index is 967. The van der Waals surface area contributed by atoms with E-state index in [1.165, 1.54) is 13.2 Å². The number of carboxylic acids is 1. The molecule has 3 heterocycles. The topological polar surface area (TPSA) is 130 Å². The highest BCUT2D eigenvalue weighted by Gasteiger charge is 2.33. The van der Waals surface area contributed by atoms with Crippen molar-refractivity contribution in [2.75, 3.05) is 32.2 Å². The maximum Gasteiger partial charge on any atom is 0.354 e. The first-order chi connectivity index (χ1) is 14.2. The molecule has 12 heteroatoms. The maximum absolute atomic E-state index is 12.7. The molecule has 2 aromatic rings. The van der Waals surface area contributed by atoms with Gasteiger partial charge in [0.25, 0.3) is 5.91 Å². The van der Waals surface area contributed by atoms with Crippen LogP contribution in [0, 0.1) is 6.92 Å². The predicted molar refractivity (Wildman–Crippen MR) is 110 cm³/mol. The van der Waals surface area contributed by atoms with Crippen LogP contribution in [0.25, 0.3) is 0 Å². The fourth-order valence-electron chi connectivity index (χ4n) is 3.27. The minimum atomic E-state index is -1.18. The van der Waals surface area contributed by atoms with Gasteiger partial charge < -0.3 is 29.8 Å². The number of hydrogen-bond acceptors (Lipinski definition) is 7. The lowest BCUT2D eigenvalue weighted by molar-refractivity contribution is 0.0538. The summed E-state index contributed by atoms with van der Waals surface area (Å²) in [6.07, 6.45) is 0.159. The van der Waals surface area contributed by atoms with E-state index in [4.69, 9.17) is 32.7 Å². The second kappa shape index (κ2) is 9.07. The number of carbonyl (C=O) groups is 2. The van der Waals surface area contributed by atoms with Crippen molar-refractivity contribution in [2.45, 2.75) is 25.5 Å². The molecule has 0 saturated carbocycles. The van der Waals surface area contributed by atoms with E-state index in [1.54, 1.807) is 14.0 Å². The minimum absolute atomic E-state index is 0.0390. The number of carboxylic acid groups (broad SMARTS) is 1. The number of halogens is 2. The second-order valence-corrected chi connectivity index (χ2v) is 7.50. The van der Waals surface area contributed by atoms with Gasteiger partial charge in [-0.1, -0.05) is 23.2 Å². The summed E-state index contributed by atoms with van der Waals surface area (Å²) in [5.74, 6) is -1.16. The van der Waals surface area contributed by atoms with E-state index in [1.807, 2.05) is 4.90 Å². The van der Waals surface area contributed by atoms with Gasteiger partial charge in [0.15, 0.2) is 5.69 Å². The van der Waals surface area contributed by atoms with Gasteiger partial charge in [-0.2, -0.15) is 9.97 Å². The first kappa shape index (κ1) is 22.1. The summed E-state index contributed by atoms with van der Waals surface area (Å²) in [7, 11) is 2.91. The molecule has 2 atom stereocenters. The van der Waals surface area contributed by atoms with Crippen LogP contribution in [-0.4, -0.2) is 71.4 Å². The van der Waals surface area contributed by atoms with Crippen molar-refractivity contribution in [3.05, 3.63) is 33.2 Å². The minimum Gasteiger partial charge on any atom is -0.477 e. The van der Waals surface area contributed by atoms with Gasteiger partial charge in [0.05, 0.1) is 29.3 Å². The summed E-state index contributed by atoms with van der Waals surface area (Å²) in [6, 6.07) is 1.04. The van der Waals surface area contributed by atoms with Gasteiger partial charge >= 0.3 is 12.0 Å². The number of piperidine rings is 1. The van der Waals surface area contributed by atoms with Crippen LogP contribution in [0.15, 0.2) is 6.07 Å². The van der Waals surface area contributed by atoms with Gasteiger partial charge in [-0.05, 0) is 13.3 Å². The Hall–Kier alpha value is -2.56. The molecule has 1 aliphatic rings. The summed E-state index contributed by atoms with van der Waals surface area (Å²) in [5, 5.41) is 12.7. The number of amides is 1. The fourth-order valence-corrected chi connectivity index (χ4v) is 3.69. The Morgan fingerprint density at radius 3 is 2.60 bits per heavy atom. The normalized spacial score (nSPS) is 18.9. The van der Waals surface area contributed by atoms with Gasteiger partial charge in [0.2, 0.25) is 0 Å². The third-order valence-corrected chi connectivity index (χ3v) is 5.82. The average Bonchev–Trinajstić information content (AvgIpc) is 3.00. The Balaban J connectivity index is 1.75. The number of aromatic amines is 1. The molecule has 0 aliphatic carbocycles. The molecule has 1 fully saturated rings. The summed E-state index contributed by atoms with van der Waals surface area (Å²) < 4.78 is 10.6. The lowest BCUT2D eigenvalue weighted by Gasteiger charge is -2.38. The molecule has 3 rings (SSSR count). The molecule has 0 spiro atoms. The maximum atomic E-state index is 12.7. The lowest BCUT2D eigenvalue weighted by Crippen LogP contribution is -2.55. The number of aromatic nitrogens is 3. The zero-order valence-corrected chi connectivity index (χ0v) is 18.0. The molecule has 1 aliphatic heterocycles. The van der Waals surface area contributed by atoms with Crippen molar-refractivity contribution in [1.29, 1.82) is 0 Å². The third-order valence-electron chi connectivity index (χ3n) is 4.88. The van der Waals surface area contributed by atoms with Crippen LogP contribution in [0.2, 0.25) is 10.0 Å². The van der Waals surface area contributed by atoms with Crippen molar-refractivity contribution in [3.8, 4) is 6.01 Å². The van der Waals surface area contributed by atoms with Crippen molar-refractivity contribution < 1.29 is 24.2 Å². The number of nitrogens with zero attached hydrogens (tertiary/aromatic N) is 3. The Morgan fingerprint density at radius 1 is 1.30 bits per heavy atom. The number of rotatable bonds is 6. The van der Waals surface area contributed by atoms with Crippen LogP contribution >= 0.6 is 23.2 Å². The van der Waals surface area contributed by atoms with Gasteiger partial charge in [0, 0.05) is 32.0 Å². The molecule has 30 heavy (non-hydrogen) atoms. The monoisotopic (exact) mass is 457 g/mol. The van der Waals surface area contributed by atoms with E-state index in [2.05, 4.69) is 20.3 Å². The average molecular weight is 458 g/mol. The van der Waals surface area contributed by atoms with Crippen LogP contribution in [0.5, 0.6) is 6.01 Å². The zero-order valence-electron chi connectivity index (χ0n) is 16.5. The molecule has 10 nitrogen and oxygen atoms in total. The number of nitrogens with one attached hydrogen (secondary N) is 2. The van der Waals surface area contributed by atoms with E-state index in [-0.39, 0.29) is 40.5 Å². The number of aryl methyl sites for hydroxylation is 1. The smallest absolute Gasteiger partial charge is 0.354 e. The highest BCUT2D eigenvalue weighted by atomic mass is 35.5. The molecule has 162 valence electrons. The molecule has 0 radical (unpaired) electrons. The Labute approximate surface area is 182 Å². The van der Waals surface area contributed by atoms with Crippen LogP contribution < -0.4 is 15.0 Å². The van der Waals surface area contributed by atoms with Crippen LogP contribution in [0.1, 0.15) is 33.1 Å². The van der Waals surface area contributed by atoms with Gasteiger partial charge in [-0.25, -0.2) is 4.79 Å². The van der Waals surface area contributed by atoms with E-state index in [0.29, 0.717) is 36.0 Å². The van der Waals surface area contributed by atoms with Crippen LogP contribution in [-0.2, 0) is 4.74 Å². The van der Waals surface area contributed by atoms with Gasteiger partial charge in [0.1, 0.15) is 11.5 Å². The highest BCUT2D eigenvalue weighted by molar-refractivity contribution is 6.44. The fraction of sp³-hybridized carbons (Fsp3) is 0.444. The molecule has 1 amide bonds. The Morgan fingerprint density at radius 2 is 2.03 bits per heavy atom. The quantitative estimate of drug-likeness (QED) is 0.601. The summed E-state index contributed by atoms with van der Waals surface area (Å²) in [4.78, 5) is 36.8. The van der Waals surface area contributed by atoms with E-state index in [9.17, 15) is 14.7 Å². The summed E-state index contributed by atoms with van der Waals surface area (Å²) >= 11 is 12.2. The number of carbonyl (C=O) groups excluding carboxylic acids is 1. The van der Waals surface area contributed by atoms with Crippen LogP contribution in [0.4, 0.5) is 5.82 Å². The second-order valence-electron chi connectivity index (χ2n) is 6.74. The van der Waals surface area contributed by atoms with Gasteiger partial charge in [-0.15, -0.1) is 0 Å². The molecule has 3 N–H and O–H groups in total. The molecular weight excluding hydrogens is 437 g/mol. The summed E-state index contributed by atoms with van der Waals surface area (Å²) in [5.41, 5.74) is 0.634. The van der Waals surface area contributed by atoms with E-state index in [0.717, 1.165) is 0 Å². The van der Waals surface area contributed by atoms with Crippen molar-refractivity contribution in [2.24, 2.45) is 0 Å². The number of H-pyrrole nitrogens is 1. The number of aromatic carboxylic acids is 1. The standard InChI is InChI=1S/C18H21Cl2N5O5/c1-8-13(19)14(20)15(21-8)16(26)22-9-4-5-25(7-11(9)29-2)12-6-10(17(27)28)23-18(24-12)30-3/h6,9,11,21H,4-5,7H2,1-3H3,(H,22,26)(H,27,28)/t9-,11+/m0/s1. The largest absolute Gasteiger partial charge is 0.477 e. The molecule has 0 aromatic carbocycles. The lowest BCUT2D eigenvalue weighted by atomic mass is 10.0. The predicted octanol–water partition coefficient (Wildman–Crippen LogP) is 2.15. The molecule has 1 saturated heterocycles. The van der Waals surface area contributed by atoms with Crippen LogP contribution in [0.3, 0.4) is 0 Å². The zero-order chi connectivity index (χ0) is 22.0. The molecular formula is C18H21Cl2N5O5. The Kier molecular flexibility index (Phi) is 6.69. The number of ether oxygens (including phenoxy) is 2. The van der Waals surface area contributed by atoms with E-state index >= 15 is 0 Å².